The molecule has 6 nitrogen and oxygen atoms in total. The average Bonchev–Trinajstić information content (AvgIpc) is 2.64. The molecule has 0 radical (unpaired) electrons. The molecule has 0 spiro atoms. The van der Waals surface area contributed by atoms with Gasteiger partial charge in [0.05, 0.1) is 19.2 Å². The van der Waals surface area contributed by atoms with E-state index in [1.807, 2.05) is 0 Å². The largest absolute Gasteiger partial charge is 0.513 e. The van der Waals surface area contributed by atoms with Gasteiger partial charge >= 0.3 is 6.16 Å². The highest BCUT2D eigenvalue weighted by molar-refractivity contribution is 6.18. The topological polar surface area (TPSA) is 72.9 Å². The van der Waals surface area contributed by atoms with Gasteiger partial charge in [-0.25, -0.2) is 4.79 Å². The lowest BCUT2D eigenvalue weighted by Gasteiger charge is -2.12. The Balaban J connectivity index is 2.30. The first-order valence-corrected chi connectivity index (χ1v) is 5.25. The fourth-order valence-corrected chi connectivity index (χ4v) is 1.84. The van der Waals surface area contributed by atoms with Gasteiger partial charge in [0.1, 0.15) is 5.75 Å². The van der Waals surface area contributed by atoms with Crippen molar-refractivity contribution in [1.29, 1.82) is 0 Å². The molecule has 18 heavy (non-hydrogen) atoms. The first kappa shape index (κ1) is 12.1. The summed E-state index contributed by atoms with van der Waals surface area (Å²) in [7, 11) is 1.21. The molecule has 1 aliphatic heterocycles. The van der Waals surface area contributed by atoms with E-state index in [-0.39, 0.29) is 24.0 Å². The highest BCUT2D eigenvalue weighted by Crippen LogP contribution is 2.32. The monoisotopic (exact) mass is 249 g/mol. The second-order valence-corrected chi connectivity index (χ2v) is 3.77. The van der Waals surface area contributed by atoms with Crippen molar-refractivity contribution in [2.75, 3.05) is 12.0 Å². The molecule has 0 N–H and O–H groups in total. The maximum absolute atomic E-state index is 11.6. The minimum Gasteiger partial charge on any atom is -0.437 e. The lowest BCUT2D eigenvalue weighted by atomic mass is 10.1. The Labute approximate surface area is 103 Å². The maximum atomic E-state index is 11.6. The summed E-state index contributed by atoms with van der Waals surface area (Å²) in [5.41, 5.74) is 1.18. The predicted molar refractivity (Wildman–Crippen MR) is 61.3 cm³/mol. The summed E-state index contributed by atoms with van der Waals surface area (Å²) in [5.74, 6) is -0.341. The summed E-state index contributed by atoms with van der Waals surface area (Å²) in [5, 5.41) is 0. The zero-order valence-electron chi connectivity index (χ0n) is 9.93. The van der Waals surface area contributed by atoms with Crippen molar-refractivity contribution in [3.05, 3.63) is 23.8 Å². The molecule has 2 rings (SSSR count). The number of amides is 2. The van der Waals surface area contributed by atoms with Crippen LogP contribution in [0.15, 0.2) is 18.2 Å². The van der Waals surface area contributed by atoms with E-state index >= 15 is 0 Å². The standard InChI is InChI=1S/C12H11NO5/c1-7(14)13-10-4-3-9(18-12(16)17-2)5-8(10)6-11(13)15/h3-5H,6H2,1-2H3. The molecule has 0 saturated carbocycles. The normalized spacial score (nSPS) is 13.2. The number of carbonyl (C=O) groups excluding carboxylic acids is 3. The van der Waals surface area contributed by atoms with Crippen LogP contribution in [0, 0.1) is 0 Å². The average molecular weight is 249 g/mol. The van der Waals surface area contributed by atoms with Gasteiger partial charge in [0, 0.05) is 6.92 Å². The molecular weight excluding hydrogens is 238 g/mol. The summed E-state index contributed by atoms with van der Waals surface area (Å²) >= 11 is 0. The van der Waals surface area contributed by atoms with Gasteiger partial charge in [0.25, 0.3) is 0 Å². The van der Waals surface area contributed by atoms with Crippen molar-refractivity contribution in [2.45, 2.75) is 13.3 Å². The quantitative estimate of drug-likeness (QED) is 0.553. The number of methoxy groups -OCH3 is 1. The summed E-state index contributed by atoms with van der Waals surface area (Å²) in [6.07, 6.45) is -0.712. The summed E-state index contributed by atoms with van der Waals surface area (Å²) in [4.78, 5) is 35.0. The van der Waals surface area contributed by atoms with Gasteiger partial charge in [-0.1, -0.05) is 0 Å². The molecule has 6 heteroatoms. The third-order valence-electron chi connectivity index (χ3n) is 2.57. The van der Waals surface area contributed by atoms with Gasteiger partial charge in [0.2, 0.25) is 11.8 Å². The predicted octanol–water partition coefficient (Wildman–Crippen LogP) is 1.27. The minimum absolute atomic E-state index is 0.118. The van der Waals surface area contributed by atoms with Crippen LogP contribution in [-0.4, -0.2) is 25.1 Å². The second-order valence-electron chi connectivity index (χ2n) is 3.77. The molecule has 0 atom stereocenters. The van der Waals surface area contributed by atoms with E-state index < -0.39 is 6.16 Å². The van der Waals surface area contributed by atoms with Crippen LogP contribution in [0.2, 0.25) is 0 Å². The maximum Gasteiger partial charge on any atom is 0.513 e. The fraction of sp³-hybridized carbons (Fsp3) is 0.250. The Morgan fingerprint density at radius 2 is 2.06 bits per heavy atom. The van der Waals surface area contributed by atoms with Crippen molar-refractivity contribution in [2.24, 2.45) is 0 Å². The van der Waals surface area contributed by atoms with Crippen molar-refractivity contribution < 1.29 is 23.9 Å². The van der Waals surface area contributed by atoms with Crippen molar-refractivity contribution >= 4 is 23.7 Å². The first-order valence-electron chi connectivity index (χ1n) is 5.25. The van der Waals surface area contributed by atoms with Gasteiger partial charge in [-0.15, -0.1) is 0 Å². The van der Waals surface area contributed by atoms with Crippen LogP contribution in [0.1, 0.15) is 12.5 Å². The SMILES string of the molecule is COC(=O)Oc1ccc2c(c1)CC(=O)N2C(C)=O. The molecule has 1 aromatic carbocycles. The lowest BCUT2D eigenvalue weighted by Crippen LogP contribution is -2.31. The Morgan fingerprint density at radius 3 is 2.67 bits per heavy atom. The van der Waals surface area contributed by atoms with Crippen LogP contribution in [0.4, 0.5) is 10.5 Å². The van der Waals surface area contributed by atoms with E-state index in [4.69, 9.17) is 4.74 Å². The summed E-state index contributed by atoms with van der Waals surface area (Å²) < 4.78 is 9.21. The van der Waals surface area contributed by atoms with Crippen LogP contribution >= 0.6 is 0 Å². The van der Waals surface area contributed by atoms with Gasteiger partial charge in [-0.3, -0.25) is 14.5 Å². The zero-order chi connectivity index (χ0) is 13.3. The molecule has 1 aliphatic rings. The first-order chi connectivity index (χ1) is 8.52. The van der Waals surface area contributed by atoms with Gasteiger partial charge in [0.15, 0.2) is 0 Å². The summed E-state index contributed by atoms with van der Waals surface area (Å²) in [6, 6.07) is 4.62. The van der Waals surface area contributed by atoms with Crippen molar-refractivity contribution in [3.63, 3.8) is 0 Å². The zero-order valence-corrected chi connectivity index (χ0v) is 9.93. The third-order valence-corrected chi connectivity index (χ3v) is 2.57. The van der Waals surface area contributed by atoms with Crippen molar-refractivity contribution in [1.82, 2.24) is 0 Å². The number of benzene rings is 1. The Kier molecular flexibility index (Phi) is 3.01. The molecule has 1 aromatic rings. The number of anilines is 1. The highest BCUT2D eigenvalue weighted by Gasteiger charge is 2.30. The molecule has 0 aromatic heterocycles. The molecule has 2 amide bonds. The molecule has 94 valence electrons. The van der Waals surface area contributed by atoms with Gasteiger partial charge in [-0.2, -0.15) is 0 Å². The number of rotatable bonds is 1. The van der Waals surface area contributed by atoms with E-state index in [1.165, 1.54) is 20.1 Å². The third kappa shape index (κ3) is 2.04. The van der Waals surface area contributed by atoms with Crippen molar-refractivity contribution in [3.8, 4) is 5.75 Å². The molecule has 0 aliphatic carbocycles. The van der Waals surface area contributed by atoms with Crippen LogP contribution in [0.5, 0.6) is 5.75 Å². The van der Waals surface area contributed by atoms with Crippen LogP contribution in [-0.2, 0) is 20.7 Å². The molecular formula is C12H11NO5. The molecule has 1 heterocycles. The molecule has 0 unspecified atom stereocenters. The lowest BCUT2D eigenvalue weighted by molar-refractivity contribution is -0.124. The number of fused-ring (bicyclic) bond motifs is 1. The van der Waals surface area contributed by atoms with E-state index in [0.29, 0.717) is 11.3 Å². The van der Waals surface area contributed by atoms with E-state index in [1.54, 1.807) is 12.1 Å². The van der Waals surface area contributed by atoms with Crippen LogP contribution in [0.25, 0.3) is 0 Å². The number of nitrogens with zero attached hydrogens (tertiary/aromatic N) is 1. The highest BCUT2D eigenvalue weighted by atomic mass is 16.7. The van der Waals surface area contributed by atoms with Gasteiger partial charge in [-0.05, 0) is 23.8 Å². The fourth-order valence-electron chi connectivity index (χ4n) is 1.84. The number of hydrogen-bond acceptors (Lipinski definition) is 5. The van der Waals surface area contributed by atoms with Gasteiger partial charge < -0.3 is 9.47 Å². The van der Waals surface area contributed by atoms with Crippen LogP contribution in [0.3, 0.4) is 0 Å². The van der Waals surface area contributed by atoms with Crippen LogP contribution < -0.4 is 9.64 Å². The number of ether oxygens (including phenoxy) is 2. The molecule has 0 saturated heterocycles. The van der Waals surface area contributed by atoms with E-state index in [0.717, 1.165) is 4.90 Å². The Bertz CT molecular complexity index is 537. The minimum atomic E-state index is -0.831. The number of carbonyl (C=O) groups is 3. The number of hydrogen-bond donors (Lipinski definition) is 0. The Hall–Kier alpha value is -2.37. The summed E-state index contributed by atoms with van der Waals surface area (Å²) in [6.45, 7) is 1.33. The second kappa shape index (κ2) is 4.48. The van der Waals surface area contributed by atoms with E-state index in [9.17, 15) is 14.4 Å². The molecule has 0 bridgehead atoms. The number of imide groups is 1. The Morgan fingerprint density at radius 1 is 1.33 bits per heavy atom. The smallest absolute Gasteiger partial charge is 0.437 e. The van der Waals surface area contributed by atoms with E-state index in [2.05, 4.69) is 4.74 Å². The molecule has 0 fully saturated rings.